The molecule has 0 spiro atoms. The van der Waals surface area contributed by atoms with Crippen molar-refractivity contribution in [1.82, 2.24) is 24.6 Å². The molecule has 2 aromatic carbocycles. The van der Waals surface area contributed by atoms with E-state index in [1.165, 1.54) is 0 Å². The lowest BCUT2D eigenvalue weighted by Gasteiger charge is -2.25. The average molecular weight is 650 g/mol. The molecule has 46 heavy (non-hydrogen) atoms. The summed E-state index contributed by atoms with van der Waals surface area (Å²) in [5, 5.41) is 4.38. The van der Waals surface area contributed by atoms with Crippen LogP contribution in [0.15, 0.2) is 48.8 Å². The third-order valence-corrected chi connectivity index (χ3v) is 8.91. The largest absolute Gasteiger partial charge is 0.464 e. The molecule has 0 amide bonds. The second kappa shape index (κ2) is 13.3. The van der Waals surface area contributed by atoms with Crippen LogP contribution < -0.4 is 20.2 Å². The molecule has 1 saturated heterocycles. The third kappa shape index (κ3) is 7.43. The van der Waals surface area contributed by atoms with Crippen molar-refractivity contribution in [3.8, 4) is 18.1 Å². The number of nitrogens with one attached hydrogen (secondary N) is 1. The van der Waals surface area contributed by atoms with Crippen LogP contribution in [0, 0.1) is 23.7 Å². The Bertz CT molecular complexity index is 1810. The number of imidazole rings is 1. The van der Waals surface area contributed by atoms with Gasteiger partial charge in [0.15, 0.2) is 23.2 Å². The summed E-state index contributed by atoms with van der Waals surface area (Å²) in [5.74, 6) is 2.79. The number of nitrogens with two attached hydrogens (primary N) is 1. The highest BCUT2D eigenvalue weighted by Gasteiger charge is 2.40. The zero-order chi connectivity index (χ0) is 33.2. The van der Waals surface area contributed by atoms with Gasteiger partial charge in [-0.1, -0.05) is 63.1 Å². The van der Waals surface area contributed by atoms with E-state index in [1.807, 2.05) is 65.2 Å². The summed E-state index contributed by atoms with van der Waals surface area (Å²) in [7, 11) is -0.518. The number of terminal acetylenes is 1. The minimum Gasteiger partial charge on any atom is -0.464 e. The zero-order valence-corrected chi connectivity index (χ0v) is 27.7. The van der Waals surface area contributed by atoms with E-state index in [-0.39, 0.29) is 30.5 Å². The zero-order valence-electron chi connectivity index (χ0n) is 26.8. The minimum atomic E-state index is -4.19. The first-order valence-corrected chi connectivity index (χ1v) is 16.5. The summed E-state index contributed by atoms with van der Waals surface area (Å²) in [6.45, 7) is 7.43. The van der Waals surface area contributed by atoms with Crippen molar-refractivity contribution in [2.75, 3.05) is 37.9 Å². The molecule has 0 saturated carbocycles. The van der Waals surface area contributed by atoms with Crippen molar-refractivity contribution in [3.05, 3.63) is 48.8 Å². The molecule has 244 valence electrons. The number of fused-ring (bicyclic) bond motifs is 2. The van der Waals surface area contributed by atoms with E-state index in [0.717, 1.165) is 10.8 Å². The van der Waals surface area contributed by atoms with Crippen LogP contribution in [0.25, 0.3) is 21.9 Å². The Hall–Kier alpha value is -4.21. The van der Waals surface area contributed by atoms with Crippen LogP contribution in [0.5, 0.6) is 5.75 Å². The monoisotopic (exact) mass is 649 g/mol. The topological polar surface area (TPSA) is 156 Å². The molecule has 1 unspecified atom stereocenters. The summed E-state index contributed by atoms with van der Waals surface area (Å²) in [5.41, 5.74) is 6.77. The Labute approximate surface area is 268 Å². The maximum atomic E-state index is 14.4. The Kier molecular flexibility index (Phi) is 9.56. The molecule has 5 atom stereocenters. The number of nitrogen functional groups attached to an aromatic ring is 1. The van der Waals surface area contributed by atoms with E-state index in [1.54, 1.807) is 34.9 Å². The number of anilines is 2. The first-order chi connectivity index (χ1) is 21.8. The first kappa shape index (κ1) is 33.2. The first-order valence-electron chi connectivity index (χ1n) is 14.9. The van der Waals surface area contributed by atoms with Crippen LogP contribution in [0.1, 0.15) is 40.3 Å². The van der Waals surface area contributed by atoms with Crippen LogP contribution in [0.4, 0.5) is 11.8 Å². The molecule has 1 aliphatic rings. The predicted octanol–water partition coefficient (Wildman–Crippen LogP) is 4.94. The van der Waals surface area contributed by atoms with Crippen LogP contribution in [-0.4, -0.2) is 64.9 Å². The van der Waals surface area contributed by atoms with Crippen molar-refractivity contribution in [2.45, 2.75) is 52.5 Å². The summed E-state index contributed by atoms with van der Waals surface area (Å²) in [6.07, 6.45) is 6.68. The molecule has 1 aliphatic heterocycles. The maximum absolute atomic E-state index is 14.4. The number of hydrogen-bond donors (Lipinski definition) is 2. The maximum Gasteiger partial charge on any atom is 0.459 e. The molecule has 4 aromatic rings. The van der Waals surface area contributed by atoms with Crippen LogP contribution >= 0.6 is 7.75 Å². The molecule has 3 heterocycles. The van der Waals surface area contributed by atoms with Gasteiger partial charge >= 0.3 is 13.7 Å². The number of rotatable bonds is 11. The molecule has 3 N–H and O–H groups in total. The molecule has 0 radical (unpaired) electrons. The average Bonchev–Trinajstić information content (AvgIpc) is 3.61. The molecule has 0 aliphatic carbocycles. The normalized spacial score (nSPS) is 20.2. The highest BCUT2D eigenvalue weighted by Crippen LogP contribution is 2.48. The number of esters is 1. The number of ether oxygens (including phenoxy) is 2. The molecular weight excluding hydrogens is 609 g/mol. The molecule has 2 aromatic heterocycles. The number of aromatic nitrogens is 4. The van der Waals surface area contributed by atoms with E-state index in [2.05, 4.69) is 26.0 Å². The summed E-state index contributed by atoms with van der Waals surface area (Å²) < 4.78 is 39.9. The fourth-order valence-corrected chi connectivity index (χ4v) is 6.60. The van der Waals surface area contributed by atoms with E-state index in [0.29, 0.717) is 29.2 Å². The van der Waals surface area contributed by atoms with E-state index in [9.17, 15) is 9.36 Å². The van der Waals surface area contributed by atoms with Crippen molar-refractivity contribution >= 4 is 47.4 Å². The summed E-state index contributed by atoms with van der Waals surface area (Å²) in [4.78, 5) is 27.8. The number of benzene rings is 2. The highest BCUT2D eigenvalue weighted by molar-refractivity contribution is 7.52. The van der Waals surface area contributed by atoms with Gasteiger partial charge in [-0.05, 0) is 30.2 Å². The van der Waals surface area contributed by atoms with Gasteiger partial charge in [0.05, 0.1) is 31.6 Å². The van der Waals surface area contributed by atoms with Crippen molar-refractivity contribution in [2.24, 2.45) is 11.3 Å². The fourth-order valence-electron chi connectivity index (χ4n) is 5.06. The van der Waals surface area contributed by atoms with Gasteiger partial charge in [0, 0.05) is 19.5 Å². The standard InChI is InChI=1S/C32H40N7O6P/c1-8-21-16-23(44-29(21)39-19-34-26-27(38(6)7)35-31(33)36-28(26)39)17-43-46(41,37-20(2)30(40)42-18-32(3,4)5)45-25-15-11-13-22-12-9-10-14-24(22)25/h1,9-15,19-21,23,29H,16-18H2,2-7H3,(H,37,41)(H2,33,35,36)/t20-,21-,23-,29+,46?/m0/s1. The second-order valence-electron chi connectivity index (χ2n) is 12.7. The van der Waals surface area contributed by atoms with Crippen LogP contribution in [0.3, 0.4) is 0 Å². The lowest BCUT2D eigenvalue weighted by Crippen LogP contribution is -2.37. The quantitative estimate of drug-likeness (QED) is 0.128. The van der Waals surface area contributed by atoms with Crippen LogP contribution in [0.2, 0.25) is 0 Å². The van der Waals surface area contributed by atoms with Gasteiger partial charge in [-0.3, -0.25) is 13.9 Å². The molecular formula is C32H40N7O6P. The second-order valence-corrected chi connectivity index (χ2v) is 14.4. The molecule has 13 nitrogen and oxygen atoms in total. The summed E-state index contributed by atoms with van der Waals surface area (Å²) >= 11 is 0. The number of carbonyl (C=O) groups excluding carboxylic acids is 1. The van der Waals surface area contributed by atoms with E-state index >= 15 is 0 Å². The summed E-state index contributed by atoms with van der Waals surface area (Å²) in [6, 6.07) is 11.9. The van der Waals surface area contributed by atoms with E-state index < -0.39 is 32.1 Å². The Balaban J connectivity index is 1.37. The van der Waals surface area contributed by atoms with Gasteiger partial charge in [-0.15, -0.1) is 6.42 Å². The van der Waals surface area contributed by atoms with Gasteiger partial charge in [0.25, 0.3) is 0 Å². The van der Waals surface area contributed by atoms with Gasteiger partial charge < -0.3 is 24.6 Å². The number of carbonyl (C=O) groups is 1. The van der Waals surface area contributed by atoms with Gasteiger partial charge in [-0.2, -0.15) is 15.1 Å². The third-order valence-electron chi connectivity index (χ3n) is 7.28. The van der Waals surface area contributed by atoms with Gasteiger partial charge in [-0.25, -0.2) is 9.55 Å². The lowest BCUT2D eigenvalue weighted by molar-refractivity contribution is -0.148. The number of hydrogen-bond acceptors (Lipinski definition) is 11. The molecule has 5 rings (SSSR count). The minimum absolute atomic E-state index is 0.0841. The smallest absolute Gasteiger partial charge is 0.459 e. The lowest BCUT2D eigenvalue weighted by atomic mass is 9.99. The Morgan fingerprint density at radius 3 is 2.70 bits per heavy atom. The van der Waals surface area contributed by atoms with Crippen molar-refractivity contribution < 1.29 is 27.9 Å². The van der Waals surface area contributed by atoms with Crippen molar-refractivity contribution in [3.63, 3.8) is 0 Å². The molecule has 1 fully saturated rings. The molecule has 0 bridgehead atoms. The number of nitrogens with zero attached hydrogens (tertiary/aromatic N) is 5. The predicted molar refractivity (Wildman–Crippen MR) is 176 cm³/mol. The van der Waals surface area contributed by atoms with Crippen molar-refractivity contribution in [1.29, 1.82) is 0 Å². The Morgan fingerprint density at radius 2 is 1.98 bits per heavy atom. The SMILES string of the molecule is C#C[C@H]1C[C@@H](COP(=O)(N[C@@H](C)C(=O)OCC(C)(C)C)Oc2cccc3ccccc23)O[C@H]1n1cnc2c(N(C)C)nc(N)nc21. The van der Waals surface area contributed by atoms with Gasteiger partial charge in [0.2, 0.25) is 5.95 Å². The molecule has 14 heteroatoms. The van der Waals surface area contributed by atoms with Crippen LogP contribution in [-0.2, 0) is 23.4 Å². The van der Waals surface area contributed by atoms with E-state index in [4.69, 9.17) is 30.7 Å². The fraction of sp³-hybridized carbons (Fsp3) is 0.438. The van der Waals surface area contributed by atoms with Gasteiger partial charge in [0.1, 0.15) is 11.8 Å². The highest BCUT2D eigenvalue weighted by atomic mass is 31.2. The Morgan fingerprint density at radius 1 is 1.24 bits per heavy atom.